The second-order valence-corrected chi connectivity index (χ2v) is 6.36. The summed E-state index contributed by atoms with van der Waals surface area (Å²) in [6.45, 7) is 5.64. The van der Waals surface area contributed by atoms with E-state index in [1.807, 2.05) is 13.8 Å². The third kappa shape index (κ3) is 3.42. The highest BCUT2D eigenvalue weighted by Crippen LogP contribution is 2.22. The molecule has 0 radical (unpaired) electrons. The fourth-order valence-electron chi connectivity index (χ4n) is 1.64. The normalized spacial score (nSPS) is 12.4. The van der Waals surface area contributed by atoms with Gasteiger partial charge in [0.05, 0.1) is 11.7 Å². The van der Waals surface area contributed by atoms with Crippen molar-refractivity contribution in [3.8, 4) is 0 Å². The maximum absolute atomic E-state index is 12.2. The Labute approximate surface area is 129 Å². The van der Waals surface area contributed by atoms with E-state index in [2.05, 4.69) is 19.9 Å². The van der Waals surface area contributed by atoms with Gasteiger partial charge >= 0.3 is 5.97 Å². The Morgan fingerprint density at radius 1 is 1.33 bits per heavy atom. The van der Waals surface area contributed by atoms with Crippen LogP contribution < -0.4 is 5.32 Å². The molecular formula is C12H14N4O3S2. The zero-order chi connectivity index (χ0) is 15.6. The Balaban J connectivity index is 2.11. The summed E-state index contributed by atoms with van der Waals surface area (Å²) in [6.07, 6.45) is 0. The van der Waals surface area contributed by atoms with Crippen LogP contribution in [-0.4, -0.2) is 31.6 Å². The van der Waals surface area contributed by atoms with E-state index in [9.17, 15) is 9.59 Å². The first kappa shape index (κ1) is 15.5. The number of rotatable bonds is 5. The minimum Gasteiger partial charge on any atom is -0.476 e. The van der Waals surface area contributed by atoms with E-state index in [0.29, 0.717) is 15.6 Å². The molecule has 0 aliphatic carbocycles. The third-order valence-corrected chi connectivity index (χ3v) is 4.49. The van der Waals surface area contributed by atoms with Gasteiger partial charge in [-0.05, 0) is 24.4 Å². The summed E-state index contributed by atoms with van der Waals surface area (Å²) < 4.78 is 3.81. The van der Waals surface area contributed by atoms with Crippen molar-refractivity contribution in [2.45, 2.75) is 32.7 Å². The first-order chi connectivity index (χ1) is 9.90. The first-order valence-electron chi connectivity index (χ1n) is 6.22. The minimum absolute atomic E-state index is 0.0153. The average molecular weight is 326 g/mol. The van der Waals surface area contributed by atoms with Crippen LogP contribution in [0.4, 0.5) is 0 Å². The van der Waals surface area contributed by atoms with Crippen LogP contribution in [0.25, 0.3) is 0 Å². The van der Waals surface area contributed by atoms with Gasteiger partial charge in [-0.15, -0.1) is 16.4 Å². The first-order valence-corrected chi connectivity index (χ1v) is 7.87. The molecule has 7 nitrogen and oxygen atoms in total. The number of thiazole rings is 1. The number of aromatic nitrogens is 3. The van der Waals surface area contributed by atoms with Crippen molar-refractivity contribution in [2.75, 3.05) is 0 Å². The molecule has 2 aromatic rings. The van der Waals surface area contributed by atoms with Gasteiger partial charge in [0, 0.05) is 5.38 Å². The van der Waals surface area contributed by atoms with Crippen LogP contribution in [-0.2, 0) is 0 Å². The highest BCUT2D eigenvalue weighted by atomic mass is 32.1. The lowest BCUT2D eigenvalue weighted by Gasteiger charge is -2.11. The van der Waals surface area contributed by atoms with Crippen molar-refractivity contribution in [2.24, 2.45) is 0 Å². The number of aromatic carboxylic acids is 1. The molecule has 112 valence electrons. The number of hydrogen-bond acceptors (Lipinski definition) is 7. The fraction of sp³-hybridized carbons (Fsp3) is 0.417. The molecule has 0 spiro atoms. The number of carbonyl (C=O) groups excluding carboxylic acids is 1. The van der Waals surface area contributed by atoms with E-state index < -0.39 is 5.97 Å². The maximum Gasteiger partial charge on any atom is 0.355 e. The summed E-state index contributed by atoms with van der Waals surface area (Å²) in [4.78, 5) is 27.5. The lowest BCUT2D eigenvalue weighted by atomic mass is 10.1. The van der Waals surface area contributed by atoms with Crippen molar-refractivity contribution < 1.29 is 14.7 Å². The highest BCUT2D eigenvalue weighted by molar-refractivity contribution is 7.10. The summed E-state index contributed by atoms with van der Waals surface area (Å²) in [7, 11) is 0. The molecule has 2 rings (SSSR count). The van der Waals surface area contributed by atoms with Crippen molar-refractivity contribution in [1.29, 1.82) is 0 Å². The van der Waals surface area contributed by atoms with E-state index in [1.54, 1.807) is 6.92 Å². The zero-order valence-corrected chi connectivity index (χ0v) is 13.3. The lowest BCUT2D eigenvalue weighted by molar-refractivity contribution is 0.0691. The smallest absolute Gasteiger partial charge is 0.355 e. The summed E-state index contributed by atoms with van der Waals surface area (Å²) in [6, 6.07) is -0.377. The van der Waals surface area contributed by atoms with Gasteiger partial charge < -0.3 is 10.4 Å². The number of nitrogens with one attached hydrogen (secondary N) is 1. The minimum atomic E-state index is -1.08. The number of nitrogens with zero attached hydrogens (tertiary/aromatic N) is 3. The summed E-state index contributed by atoms with van der Waals surface area (Å²) in [5.41, 5.74) is 0.647. The largest absolute Gasteiger partial charge is 0.476 e. The van der Waals surface area contributed by atoms with Crippen LogP contribution in [0.1, 0.15) is 63.6 Å². The maximum atomic E-state index is 12.2. The van der Waals surface area contributed by atoms with E-state index in [0.717, 1.165) is 11.5 Å². The molecular weight excluding hydrogens is 312 g/mol. The SMILES string of the molecule is CC(C)c1nnsc1C(=O)NC(C)c1nc(C(=O)O)cs1. The van der Waals surface area contributed by atoms with Crippen LogP contribution in [0.2, 0.25) is 0 Å². The second-order valence-electron chi connectivity index (χ2n) is 4.71. The second kappa shape index (κ2) is 6.27. The number of carboxylic acid groups (broad SMARTS) is 1. The molecule has 0 fully saturated rings. The summed E-state index contributed by atoms with van der Waals surface area (Å²) in [5, 5.41) is 17.6. The molecule has 2 aromatic heterocycles. The Morgan fingerprint density at radius 3 is 2.62 bits per heavy atom. The van der Waals surface area contributed by atoms with Crippen molar-refractivity contribution in [1.82, 2.24) is 19.9 Å². The molecule has 0 saturated heterocycles. The molecule has 0 bridgehead atoms. The van der Waals surface area contributed by atoms with Gasteiger partial charge in [-0.25, -0.2) is 9.78 Å². The topological polar surface area (TPSA) is 105 Å². The van der Waals surface area contributed by atoms with Gasteiger partial charge in [-0.3, -0.25) is 4.79 Å². The van der Waals surface area contributed by atoms with E-state index >= 15 is 0 Å². The van der Waals surface area contributed by atoms with E-state index in [4.69, 9.17) is 5.11 Å². The quantitative estimate of drug-likeness (QED) is 0.873. The third-order valence-electron chi connectivity index (χ3n) is 2.73. The van der Waals surface area contributed by atoms with Gasteiger partial charge in [-0.1, -0.05) is 18.3 Å². The number of amides is 1. The van der Waals surface area contributed by atoms with Crippen LogP contribution in [0.3, 0.4) is 0 Å². The molecule has 9 heteroatoms. The number of carboxylic acids is 1. The Morgan fingerprint density at radius 2 is 2.05 bits per heavy atom. The van der Waals surface area contributed by atoms with Gasteiger partial charge in [0.2, 0.25) is 0 Å². The predicted octanol–water partition coefficient (Wildman–Crippen LogP) is 2.31. The predicted molar refractivity (Wildman–Crippen MR) is 79.0 cm³/mol. The van der Waals surface area contributed by atoms with E-state index in [-0.39, 0.29) is 23.6 Å². The fourth-order valence-corrected chi connectivity index (χ4v) is 3.16. The number of hydrogen-bond donors (Lipinski definition) is 2. The number of carbonyl (C=O) groups is 2. The van der Waals surface area contributed by atoms with Crippen molar-refractivity contribution in [3.05, 3.63) is 26.7 Å². The van der Waals surface area contributed by atoms with Crippen LogP contribution in [0, 0.1) is 0 Å². The van der Waals surface area contributed by atoms with Gasteiger partial charge in [-0.2, -0.15) is 0 Å². The summed E-state index contributed by atoms with van der Waals surface area (Å²) >= 11 is 2.25. The average Bonchev–Trinajstić information content (AvgIpc) is 3.07. The monoisotopic (exact) mass is 326 g/mol. The van der Waals surface area contributed by atoms with Crippen molar-refractivity contribution >= 4 is 34.7 Å². The van der Waals surface area contributed by atoms with Gasteiger partial charge in [0.25, 0.3) is 5.91 Å². The molecule has 0 aromatic carbocycles. The molecule has 1 atom stereocenters. The standard InChI is InChI=1S/C12H14N4O3S2/c1-5(2)8-9(21-16-15-8)10(17)13-6(3)11-14-7(4-20-11)12(18)19/h4-6H,1-3H3,(H,13,17)(H,18,19). The Hall–Kier alpha value is -1.87. The zero-order valence-electron chi connectivity index (χ0n) is 11.7. The molecule has 2 heterocycles. The van der Waals surface area contributed by atoms with Gasteiger partial charge in [0.15, 0.2) is 5.69 Å². The van der Waals surface area contributed by atoms with Crippen LogP contribution in [0.15, 0.2) is 5.38 Å². The molecule has 2 N–H and O–H groups in total. The lowest BCUT2D eigenvalue weighted by Crippen LogP contribution is -2.27. The van der Waals surface area contributed by atoms with Gasteiger partial charge in [0.1, 0.15) is 9.88 Å². The highest BCUT2D eigenvalue weighted by Gasteiger charge is 2.22. The summed E-state index contributed by atoms with van der Waals surface area (Å²) in [5.74, 6) is -1.24. The van der Waals surface area contributed by atoms with Crippen LogP contribution in [0.5, 0.6) is 0 Å². The van der Waals surface area contributed by atoms with Crippen LogP contribution >= 0.6 is 22.9 Å². The molecule has 0 aliphatic rings. The molecule has 0 saturated carbocycles. The molecule has 1 amide bonds. The van der Waals surface area contributed by atoms with Crippen molar-refractivity contribution in [3.63, 3.8) is 0 Å². The molecule has 0 aliphatic heterocycles. The Bertz CT molecular complexity index is 665. The van der Waals surface area contributed by atoms with E-state index in [1.165, 1.54) is 16.7 Å². The molecule has 21 heavy (non-hydrogen) atoms. The molecule has 1 unspecified atom stereocenters. The Kier molecular flexibility index (Phi) is 4.63.